The summed E-state index contributed by atoms with van der Waals surface area (Å²) >= 11 is 1.56. The van der Waals surface area contributed by atoms with Crippen LogP contribution in [-0.4, -0.2) is 28.9 Å². The molecule has 0 fully saturated rings. The fraction of sp³-hybridized carbons (Fsp3) is 0.222. The van der Waals surface area contributed by atoms with Gasteiger partial charge in [-0.1, -0.05) is 121 Å². The Morgan fingerprint density at radius 1 is 0.780 bits per heavy atom. The third kappa shape index (κ3) is 8.46. The molecule has 1 amide bonds. The lowest BCUT2D eigenvalue weighted by Gasteiger charge is -2.25. The number of thiazole rings is 1. The summed E-state index contributed by atoms with van der Waals surface area (Å²) in [6.07, 6.45) is 1.79. The second-order valence-corrected chi connectivity index (χ2v) is 11.4. The Hall–Kier alpha value is -4.06. The monoisotopic (exact) mass is 559 g/mol. The maximum Gasteiger partial charge on any atom is 0.270 e. The first kappa shape index (κ1) is 28.5. The molecule has 0 aliphatic carbocycles. The summed E-state index contributed by atoms with van der Waals surface area (Å²) in [4.78, 5) is 20.0. The molecule has 4 nitrogen and oxygen atoms in total. The first-order valence-electron chi connectivity index (χ1n) is 14.3. The number of nitrogens with one attached hydrogen (secondary N) is 1. The number of hydrogen-bond acceptors (Lipinski definition) is 4. The van der Waals surface area contributed by atoms with Gasteiger partial charge in [0.05, 0.1) is 6.54 Å². The molecule has 0 aliphatic rings. The van der Waals surface area contributed by atoms with E-state index in [4.69, 9.17) is 4.98 Å². The van der Waals surface area contributed by atoms with E-state index in [2.05, 4.69) is 114 Å². The molecule has 0 saturated heterocycles. The van der Waals surface area contributed by atoms with Crippen molar-refractivity contribution in [2.24, 2.45) is 0 Å². The maximum atomic E-state index is 12.8. The Bertz CT molecular complexity index is 1450. The van der Waals surface area contributed by atoms with Gasteiger partial charge in [0, 0.05) is 24.4 Å². The highest BCUT2D eigenvalue weighted by Gasteiger charge is 2.18. The lowest BCUT2D eigenvalue weighted by molar-refractivity contribution is 0.0949. The van der Waals surface area contributed by atoms with Gasteiger partial charge < -0.3 is 5.32 Å². The van der Waals surface area contributed by atoms with E-state index < -0.39 is 0 Å². The average molecular weight is 560 g/mol. The quantitative estimate of drug-likeness (QED) is 0.161. The third-order valence-electron chi connectivity index (χ3n) is 7.35. The Morgan fingerprint density at radius 3 is 2.02 bits per heavy atom. The van der Waals surface area contributed by atoms with Crippen molar-refractivity contribution in [1.82, 2.24) is 15.2 Å². The van der Waals surface area contributed by atoms with Crippen LogP contribution in [-0.2, 0) is 19.5 Å². The fourth-order valence-corrected chi connectivity index (χ4v) is 5.92. The molecule has 0 radical (unpaired) electrons. The summed E-state index contributed by atoms with van der Waals surface area (Å²) in [5.41, 5.74) is 6.91. The van der Waals surface area contributed by atoms with Crippen molar-refractivity contribution in [1.29, 1.82) is 0 Å². The Balaban J connectivity index is 1.27. The van der Waals surface area contributed by atoms with Gasteiger partial charge in [-0.05, 0) is 48.6 Å². The van der Waals surface area contributed by atoms with Gasteiger partial charge in [0.15, 0.2) is 0 Å². The minimum Gasteiger partial charge on any atom is -0.350 e. The molecule has 1 N–H and O–H groups in total. The molecular weight excluding hydrogens is 522 g/mol. The van der Waals surface area contributed by atoms with E-state index >= 15 is 0 Å². The first-order valence-corrected chi connectivity index (χ1v) is 15.2. The summed E-state index contributed by atoms with van der Waals surface area (Å²) in [7, 11) is 0. The second kappa shape index (κ2) is 14.5. The number of benzene rings is 4. The van der Waals surface area contributed by atoms with Crippen molar-refractivity contribution in [3.8, 4) is 0 Å². The first-order chi connectivity index (χ1) is 20.1. The minimum absolute atomic E-state index is 0.110. The highest BCUT2D eigenvalue weighted by Crippen LogP contribution is 2.29. The number of carbonyl (C=O) groups is 1. The molecular formula is C36H37N3OS. The smallest absolute Gasteiger partial charge is 0.270 e. The van der Waals surface area contributed by atoms with E-state index in [9.17, 15) is 4.79 Å². The molecule has 0 aliphatic heterocycles. The minimum atomic E-state index is -0.110. The number of amides is 1. The van der Waals surface area contributed by atoms with Crippen molar-refractivity contribution in [2.45, 2.75) is 38.8 Å². The van der Waals surface area contributed by atoms with E-state index in [1.165, 1.54) is 27.8 Å². The van der Waals surface area contributed by atoms with Gasteiger partial charge in [-0.3, -0.25) is 9.69 Å². The molecule has 0 unspecified atom stereocenters. The number of nitrogens with zero attached hydrogens (tertiary/aromatic N) is 2. The topological polar surface area (TPSA) is 45.2 Å². The molecule has 5 aromatic rings. The van der Waals surface area contributed by atoms with Crippen molar-refractivity contribution in [2.75, 3.05) is 13.1 Å². The second-order valence-electron chi connectivity index (χ2n) is 10.5. The number of aryl methyl sites for hydroxylation is 1. The zero-order valence-corrected chi connectivity index (χ0v) is 24.4. The molecule has 5 rings (SSSR count). The van der Waals surface area contributed by atoms with Crippen molar-refractivity contribution < 1.29 is 4.79 Å². The van der Waals surface area contributed by atoms with Crippen LogP contribution in [0.5, 0.6) is 0 Å². The summed E-state index contributed by atoms with van der Waals surface area (Å²) in [5.74, 6) is 0.196. The van der Waals surface area contributed by atoms with Crippen LogP contribution in [0.15, 0.2) is 121 Å². The Kier molecular flexibility index (Phi) is 10.1. The number of aromatic nitrogens is 1. The highest BCUT2D eigenvalue weighted by molar-refractivity contribution is 7.09. The molecule has 41 heavy (non-hydrogen) atoms. The van der Waals surface area contributed by atoms with Gasteiger partial charge in [-0.15, -0.1) is 11.3 Å². The molecule has 208 valence electrons. The molecule has 0 atom stereocenters. The predicted octanol–water partition coefficient (Wildman–Crippen LogP) is 7.65. The molecule has 1 aromatic heterocycles. The van der Waals surface area contributed by atoms with Crippen molar-refractivity contribution >= 4 is 17.2 Å². The van der Waals surface area contributed by atoms with Crippen molar-refractivity contribution in [3.63, 3.8) is 0 Å². The van der Waals surface area contributed by atoms with Crippen LogP contribution in [0.2, 0.25) is 0 Å². The SMILES string of the molecule is Cc1ccc(CN(CCC(c2ccccc2)c2ccccc2)Cc2nc(C(=O)NCCc3ccccc3)cs2)cc1. The summed E-state index contributed by atoms with van der Waals surface area (Å²) in [6.45, 7) is 5.14. The van der Waals surface area contributed by atoms with Crippen LogP contribution >= 0.6 is 11.3 Å². The normalized spacial score (nSPS) is 11.2. The largest absolute Gasteiger partial charge is 0.350 e. The number of carbonyl (C=O) groups excluding carboxylic acids is 1. The molecule has 4 aromatic carbocycles. The van der Waals surface area contributed by atoms with E-state index in [1.54, 1.807) is 11.3 Å². The Morgan fingerprint density at radius 2 is 1.39 bits per heavy atom. The number of hydrogen-bond donors (Lipinski definition) is 1. The zero-order chi connectivity index (χ0) is 28.3. The van der Waals surface area contributed by atoms with Crippen LogP contribution < -0.4 is 5.32 Å². The molecule has 0 spiro atoms. The van der Waals surface area contributed by atoms with Crippen LogP contribution in [0.25, 0.3) is 0 Å². The Labute approximate surface area is 247 Å². The van der Waals surface area contributed by atoms with Crippen LogP contribution in [0.3, 0.4) is 0 Å². The fourth-order valence-electron chi connectivity index (χ4n) is 5.11. The zero-order valence-electron chi connectivity index (χ0n) is 23.6. The van der Waals surface area contributed by atoms with Gasteiger partial charge in [-0.25, -0.2) is 4.98 Å². The van der Waals surface area contributed by atoms with Gasteiger partial charge in [-0.2, -0.15) is 0 Å². The van der Waals surface area contributed by atoms with Gasteiger partial charge >= 0.3 is 0 Å². The van der Waals surface area contributed by atoms with Crippen LogP contribution in [0.1, 0.15) is 55.7 Å². The van der Waals surface area contributed by atoms with Crippen molar-refractivity contribution in [3.05, 3.63) is 159 Å². The lowest BCUT2D eigenvalue weighted by Crippen LogP contribution is -2.27. The maximum absolute atomic E-state index is 12.8. The van der Waals surface area contributed by atoms with E-state index in [0.29, 0.717) is 24.7 Å². The molecule has 0 saturated carbocycles. The summed E-state index contributed by atoms with van der Waals surface area (Å²) in [6, 6.07) is 40.5. The highest BCUT2D eigenvalue weighted by atomic mass is 32.1. The standard InChI is InChI=1S/C36H37N3OS/c1-28-17-19-30(20-18-28)25-39(24-22-33(31-13-7-3-8-14-31)32-15-9-4-10-16-32)26-35-38-34(27-41-35)36(40)37-23-21-29-11-5-2-6-12-29/h2-20,27,33H,21-26H2,1H3,(H,37,40). The van der Waals surface area contributed by atoms with Crippen LogP contribution in [0, 0.1) is 6.92 Å². The van der Waals surface area contributed by atoms with E-state index in [0.717, 1.165) is 30.9 Å². The summed E-state index contributed by atoms with van der Waals surface area (Å²) in [5, 5.41) is 5.87. The van der Waals surface area contributed by atoms with Crippen LogP contribution in [0.4, 0.5) is 0 Å². The molecule has 5 heteroatoms. The predicted molar refractivity (Wildman–Crippen MR) is 169 cm³/mol. The van der Waals surface area contributed by atoms with Gasteiger partial charge in [0.2, 0.25) is 0 Å². The van der Waals surface area contributed by atoms with E-state index in [-0.39, 0.29) is 5.91 Å². The lowest BCUT2D eigenvalue weighted by atomic mass is 9.88. The van der Waals surface area contributed by atoms with Gasteiger partial charge in [0.25, 0.3) is 5.91 Å². The average Bonchev–Trinajstić information content (AvgIpc) is 3.48. The summed E-state index contributed by atoms with van der Waals surface area (Å²) < 4.78 is 0. The molecule has 0 bridgehead atoms. The number of rotatable bonds is 13. The molecule has 1 heterocycles. The van der Waals surface area contributed by atoms with Gasteiger partial charge in [0.1, 0.15) is 10.7 Å². The van der Waals surface area contributed by atoms with E-state index in [1.807, 2.05) is 23.6 Å². The third-order valence-corrected chi connectivity index (χ3v) is 8.18.